The maximum Gasteiger partial charge on any atom is 0.312 e. The zero-order valence-corrected chi connectivity index (χ0v) is 31.3. The standard InChI is InChI=1S/C34H47N13O5S2/c35-13-17-53-29-21(44-27(48)11-1-3-15-40-33(37)38)7-5-9-23(29)46-31(50)25-19-26(43-20-42-25)32(51)47-24-10-6-8-22(30(24)54-18-14-36)45-28(49)12-2-4-16-41-34(39)52/h5-10,19-20H,1-4,11-18,35-36H2,(H,44,48)(H,45,49)(H,46,50)(H,47,51)(H4,37,38,40)(H3,39,41,52). The first-order valence-electron chi connectivity index (χ1n) is 17.1. The predicted octanol–water partition coefficient (Wildman–Crippen LogP) is 2.45. The van der Waals surface area contributed by atoms with Gasteiger partial charge in [0.15, 0.2) is 5.96 Å². The lowest BCUT2D eigenvalue weighted by Gasteiger charge is -2.16. The number of carbonyl (C=O) groups excluding carboxylic acids is 5. The Bertz CT molecular complexity index is 1660. The number of benzene rings is 2. The number of carbonyl (C=O) groups is 5. The summed E-state index contributed by atoms with van der Waals surface area (Å²) in [6.07, 6.45) is 3.88. The van der Waals surface area contributed by atoms with Gasteiger partial charge in [-0.05, 0) is 49.9 Å². The van der Waals surface area contributed by atoms with Gasteiger partial charge in [0.25, 0.3) is 11.8 Å². The number of hydrogen-bond acceptors (Lipinski definition) is 12. The first-order valence-corrected chi connectivity index (χ1v) is 19.1. The highest BCUT2D eigenvalue weighted by molar-refractivity contribution is 7.99. The number of nitrogens with two attached hydrogens (primary N) is 4. The Morgan fingerprint density at radius 2 is 1.06 bits per heavy atom. The highest BCUT2D eigenvalue weighted by Crippen LogP contribution is 2.36. The van der Waals surface area contributed by atoms with E-state index in [1.165, 1.54) is 29.6 Å². The Hall–Kier alpha value is -5.44. The highest BCUT2D eigenvalue weighted by atomic mass is 32.2. The number of hydrogen-bond donors (Lipinski definition) is 11. The lowest BCUT2D eigenvalue weighted by molar-refractivity contribution is -0.117. The molecule has 3 aromatic rings. The molecule has 2 aromatic carbocycles. The maximum atomic E-state index is 13.5. The van der Waals surface area contributed by atoms with Crippen molar-refractivity contribution in [2.24, 2.45) is 22.9 Å². The number of thioether (sulfide) groups is 2. The number of unbranched alkanes of at least 4 members (excludes halogenated alkanes) is 2. The van der Waals surface area contributed by atoms with E-state index in [-0.39, 0.29) is 42.0 Å². The van der Waals surface area contributed by atoms with Crippen LogP contribution in [0.2, 0.25) is 0 Å². The molecule has 3 rings (SSSR count). The first-order chi connectivity index (χ1) is 26.0. The zero-order chi connectivity index (χ0) is 39.3. The van der Waals surface area contributed by atoms with Crippen LogP contribution in [0, 0.1) is 5.41 Å². The summed E-state index contributed by atoms with van der Waals surface area (Å²) < 4.78 is 0. The minimum atomic E-state index is -0.623. The van der Waals surface area contributed by atoms with Crippen molar-refractivity contribution in [3.05, 3.63) is 60.2 Å². The highest BCUT2D eigenvalue weighted by Gasteiger charge is 2.19. The van der Waals surface area contributed by atoms with Gasteiger partial charge in [-0.1, -0.05) is 12.1 Å². The second-order valence-corrected chi connectivity index (χ2v) is 13.7. The topological polar surface area (TPSA) is 311 Å². The van der Waals surface area contributed by atoms with Gasteiger partial charge in [-0.15, -0.1) is 23.5 Å². The number of urea groups is 1. The molecule has 0 saturated carbocycles. The minimum absolute atomic E-state index is 0.0803. The van der Waals surface area contributed by atoms with Crippen LogP contribution in [0.25, 0.3) is 0 Å². The van der Waals surface area contributed by atoms with Gasteiger partial charge in [0.2, 0.25) is 11.8 Å². The number of primary amides is 1. The third kappa shape index (κ3) is 14.9. The maximum absolute atomic E-state index is 13.5. The van der Waals surface area contributed by atoms with Crippen molar-refractivity contribution in [3.63, 3.8) is 0 Å². The lowest BCUT2D eigenvalue weighted by atomic mass is 10.2. The molecule has 0 aliphatic carbocycles. The monoisotopic (exact) mass is 781 g/mol. The van der Waals surface area contributed by atoms with Gasteiger partial charge in [0.05, 0.1) is 32.5 Å². The molecule has 20 heteroatoms. The van der Waals surface area contributed by atoms with Crippen LogP contribution in [-0.4, -0.2) is 83.3 Å². The van der Waals surface area contributed by atoms with Gasteiger partial charge < -0.3 is 54.8 Å². The fourth-order valence-electron chi connectivity index (χ4n) is 4.76. The second-order valence-electron chi connectivity index (χ2n) is 11.5. The predicted molar refractivity (Wildman–Crippen MR) is 213 cm³/mol. The molecule has 15 N–H and O–H groups in total. The van der Waals surface area contributed by atoms with E-state index in [2.05, 4.69) is 41.9 Å². The Labute approximate surface area is 321 Å². The van der Waals surface area contributed by atoms with E-state index >= 15 is 0 Å². The molecule has 290 valence electrons. The minimum Gasteiger partial charge on any atom is -0.370 e. The third-order valence-corrected chi connectivity index (χ3v) is 9.55. The zero-order valence-electron chi connectivity index (χ0n) is 29.7. The summed E-state index contributed by atoms with van der Waals surface area (Å²) in [5.41, 5.74) is 23.5. The molecule has 18 nitrogen and oxygen atoms in total. The van der Waals surface area contributed by atoms with Crippen LogP contribution < -0.4 is 54.8 Å². The van der Waals surface area contributed by atoms with E-state index in [0.29, 0.717) is 95.9 Å². The quantitative estimate of drug-likeness (QED) is 0.0302. The fraction of sp³-hybridized carbons (Fsp3) is 0.353. The summed E-state index contributed by atoms with van der Waals surface area (Å²) in [5, 5.41) is 23.8. The van der Waals surface area contributed by atoms with Gasteiger partial charge in [0, 0.05) is 56.6 Å². The molecule has 0 radical (unpaired) electrons. The van der Waals surface area contributed by atoms with Crippen molar-refractivity contribution in [3.8, 4) is 0 Å². The molecule has 0 atom stereocenters. The Balaban J connectivity index is 1.72. The van der Waals surface area contributed by atoms with Gasteiger partial charge in [-0.25, -0.2) is 14.8 Å². The third-order valence-electron chi connectivity index (χ3n) is 7.21. The van der Waals surface area contributed by atoms with E-state index in [9.17, 15) is 24.0 Å². The largest absolute Gasteiger partial charge is 0.370 e. The van der Waals surface area contributed by atoms with Crippen LogP contribution in [0.1, 0.15) is 59.5 Å². The molecule has 0 bridgehead atoms. The number of nitrogens with one attached hydrogen (secondary N) is 7. The first kappa shape index (κ1) is 43.0. The van der Waals surface area contributed by atoms with E-state index in [1.54, 1.807) is 36.4 Å². The van der Waals surface area contributed by atoms with Crippen LogP contribution >= 0.6 is 23.5 Å². The van der Waals surface area contributed by atoms with E-state index in [1.807, 2.05) is 0 Å². The van der Waals surface area contributed by atoms with Crippen molar-refractivity contribution >= 4 is 81.9 Å². The molecule has 1 heterocycles. The average Bonchev–Trinajstić information content (AvgIpc) is 3.13. The SMILES string of the molecule is N=C(N)NCCCCC(=O)Nc1cccc(NC(=O)c2cc(C(=O)Nc3cccc(NC(=O)CCCCNC(N)=O)c3SCCN)ncn2)c1SCCN. The van der Waals surface area contributed by atoms with E-state index in [4.69, 9.17) is 28.3 Å². The van der Waals surface area contributed by atoms with Crippen LogP contribution in [0.4, 0.5) is 27.5 Å². The summed E-state index contributed by atoms with van der Waals surface area (Å²) in [4.78, 5) is 72.5. The summed E-state index contributed by atoms with van der Waals surface area (Å²) in [6.45, 7) is 1.55. The van der Waals surface area contributed by atoms with Crippen LogP contribution in [0.5, 0.6) is 0 Å². The molecular weight excluding hydrogens is 735 g/mol. The van der Waals surface area contributed by atoms with E-state index in [0.717, 1.165) is 6.33 Å². The second kappa shape index (κ2) is 23.3. The van der Waals surface area contributed by atoms with Crippen LogP contribution in [0.3, 0.4) is 0 Å². The van der Waals surface area contributed by atoms with Gasteiger partial charge >= 0.3 is 6.03 Å². The molecule has 0 spiro atoms. The molecule has 0 fully saturated rings. The molecular formula is C34H47N13O5S2. The van der Waals surface area contributed by atoms with Crippen molar-refractivity contribution in [1.82, 2.24) is 20.6 Å². The van der Waals surface area contributed by atoms with Gasteiger partial charge in [-0.3, -0.25) is 24.6 Å². The number of aromatic nitrogens is 2. The molecule has 1 aromatic heterocycles. The van der Waals surface area contributed by atoms with E-state index < -0.39 is 17.8 Å². The molecule has 6 amide bonds. The summed E-state index contributed by atoms with van der Waals surface area (Å²) in [6, 6.07) is 10.8. The molecule has 0 unspecified atom stereocenters. The number of rotatable bonds is 22. The van der Waals surface area contributed by atoms with Crippen molar-refractivity contribution in [2.75, 3.05) is 59.0 Å². The van der Waals surface area contributed by atoms with Crippen molar-refractivity contribution in [2.45, 2.75) is 48.3 Å². The number of anilines is 4. The summed E-state index contributed by atoms with van der Waals surface area (Å²) >= 11 is 2.72. The van der Waals surface area contributed by atoms with Crippen molar-refractivity contribution < 1.29 is 24.0 Å². The summed E-state index contributed by atoms with van der Waals surface area (Å²) in [5.74, 6) is -0.804. The van der Waals surface area contributed by atoms with Gasteiger partial charge in [0.1, 0.15) is 17.7 Å². The lowest BCUT2D eigenvalue weighted by Crippen LogP contribution is -2.30. The number of guanidine groups is 1. The Morgan fingerprint density at radius 1 is 0.630 bits per heavy atom. The van der Waals surface area contributed by atoms with Gasteiger partial charge in [-0.2, -0.15) is 0 Å². The Kier molecular flexibility index (Phi) is 18.5. The molecule has 0 aliphatic heterocycles. The number of nitrogens with zero attached hydrogens (tertiary/aromatic N) is 2. The van der Waals surface area contributed by atoms with Crippen LogP contribution in [-0.2, 0) is 9.59 Å². The summed E-state index contributed by atoms with van der Waals surface area (Å²) in [7, 11) is 0. The number of amides is 6. The molecule has 0 aliphatic rings. The Morgan fingerprint density at radius 3 is 1.46 bits per heavy atom. The van der Waals surface area contributed by atoms with Crippen molar-refractivity contribution in [1.29, 1.82) is 5.41 Å². The normalized spacial score (nSPS) is 10.6. The van der Waals surface area contributed by atoms with Crippen LogP contribution in [0.15, 0.2) is 58.6 Å². The molecule has 0 saturated heterocycles. The average molecular weight is 782 g/mol. The molecule has 54 heavy (non-hydrogen) atoms. The smallest absolute Gasteiger partial charge is 0.312 e. The fourth-order valence-corrected chi connectivity index (χ4v) is 6.50.